The van der Waals surface area contributed by atoms with E-state index in [-0.39, 0.29) is 5.82 Å². The molecule has 1 N–H and O–H groups in total. The van der Waals surface area contributed by atoms with E-state index in [9.17, 15) is 4.39 Å². The van der Waals surface area contributed by atoms with Gasteiger partial charge in [0.15, 0.2) is 0 Å². The average molecular weight is 291 g/mol. The van der Waals surface area contributed by atoms with Crippen LogP contribution in [0.15, 0.2) is 12.3 Å². The van der Waals surface area contributed by atoms with Crippen molar-refractivity contribution in [2.24, 2.45) is 11.8 Å². The van der Waals surface area contributed by atoms with Gasteiger partial charge in [-0.25, -0.2) is 9.37 Å². The lowest BCUT2D eigenvalue weighted by atomic mass is 9.86. The van der Waals surface area contributed by atoms with E-state index < -0.39 is 0 Å². The molecule has 0 radical (unpaired) electrons. The second-order valence-corrected chi connectivity index (χ2v) is 6.86. The molecule has 1 aliphatic heterocycles. The van der Waals surface area contributed by atoms with Crippen LogP contribution in [0.1, 0.15) is 45.1 Å². The van der Waals surface area contributed by atoms with Crippen molar-refractivity contribution in [1.82, 2.24) is 10.3 Å². The maximum absolute atomic E-state index is 13.5. The number of nitrogens with zero attached hydrogens (tertiary/aromatic N) is 2. The Morgan fingerprint density at radius 3 is 2.62 bits per heavy atom. The van der Waals surface area contributed by atoms with Gasteiger partial charge in [-0.1, -0.05) is 13.8 Å². The van der Waals surface area contributed by atoms with Crippen LogP contribution < -0.4 is 10.2 Å². The molecule has 2 heterocycles. The van der Waals surface area contributed by atoms with E-state index in [1.54, 1.807) is 6.07 Å². The quantitative estimate of drug-likeness (QED) is 0.902. The van der Waals surface area contributed by atoms with Crippen LogP contribution in [0.3, 0.4) is 0 Å². The highest BCUT2D eigenvalue weighted by molar-refractivity contribution is 5.47. The van der Waals surface area contributed by atoms with Gasteiger partial charge < -0.3 is 10.2 Å². The van der Waals surface area contributed by atoms with E-state index in [0.717, 1.165) is 42.9 Å². The first-order valence-corrected chi connectivity index (χ1v) is 8.26. The lowest BCUT2D eigenvalue weighted by Gasteiger charge is -2.35. The molecule has 0 atom stereocenters. The smallest absolute Gasteiger partial charge is 0.141 e. The van der Waals surface area contributed by atoms with Gasteiger partial charge in [0.1, 0.15) is 11.6 Å². The predicted octanol–water partition coefficient (Wildman–Crippen LogP) is 3.35. The monoisotopic (exact) mass is 291 g/mol. The largest absolute Gasteiger partial charge is 0.356 e. The molecule has 0 aromatic carbocycles. The van der Waals surface area contributed by atoms with E-state index >= 15 is 0 Å². The number of aromatic nitrogens is 1. The minimum atomic E-state index is -0.233. The van der Waals surface area contributed by atoms with Crippen LogP contribution in [0.25, 0.3) is 0 Å². The Bertz CT molecular complexity index is 477. The molecule has 1 aromatic heterocycles. The van der Waals surface area contributed by atoms with Crippen molar-refractivity contribution in [3.05, 3.63) is 23.6 Å². The molecule has 0 amide bonds. The van der Waals surface area contributed by atoms with Crippen molar-refractivity contribution in [1.29, 1.82) is 0 Å². The first-order chi connectivity index (χ1) is 10.1. The summed E-state index contributed by atoms with van der Waals surface area (Å²) >= 11 is 0. The standard InChI is InChI=1S/C17H26FN3/c1-12(2)13-5-7-21(8-6-13)17-14(9-15(18)11-20-17)10-19-16-3-4-16/h9,11-13,16,19H,3-8,10H2,1-2H3. The van der Waals surface area contributed by atoms with Gasteiger partial charge in [0.25, 0.3) is 0 Å². The highest BCUT2D eigenvalue weighted by Crippen LogP contribution is 2.29. The van der Waals surface area contributed by atoms with E-state index in [1.807, 2.05) is 0 Å². The second kappa shape index (κ2) is 6.30. The Hall–Kier alpha value is -1.16. The zero-order valence-corrected chi connectivity index (χ0v) is 13.1. The molecular formula is C17H26FN3. The summed E-state index contributed by atoms with van der Waals surface area (Å²) in [5.74, 6) is 2.31. The van der Waals surface area contributed by atoms with Crippen LogP contribution in [0.2, 0.25) is 0 Å². The van der Waals surface area contributed by atoms with Crippen LogP contribution >= 0.6 is 0 Å². The topological polar surface area (TPSA) is 28.2 Å². The van der Waals surface area contributed by atoms with Gasteiger partial charge in [0.05, 0.1) is 6.20 Å². The Morgan fingerprint density at radius 1 is 1.29 bits per heavy atom. The first-order valence-electron chi connectivity index (χ1n) is 8.26. The number of hydrogen-bond acceptors (Lipinski definition) is 3. The van der Waals surface area contributed by atoms with Gasteiger partial charge in [0.2, 0.25) is 0 Å². The molecule has 1 aromatic rings. The molecule has 0 bridgehead atoms. The number of piperidine rings is 1. The van der Waals surface area contributed by atoms with E-state index in [2.05, 4.69) is 29.0 Å². The Balaban J connectivity index is 1.68. The highest BCUT2D eigenvalue weighted by Gasteiger charge is 2.25. The van der Waals surface area contributed by atoms with Gasteiger partial charge in [-0.3, -0.25) is 0 Å². The van der Waals surface area contributed by atoms with Crippen molar-refractivity contribution < 1.29 is 4.39 Å². The number of rotatable bonds is 5. The molecule has 116 valence electrons. The average Bonchev–Trinajstić information content (AvgIpc) is 3.29. The normalized spacial score (nSPS) is 20.3. The van der Waals surface area contributed by atoms with E-state index in [0.29, 0.717) is 6.04 Å². The summed E-state index contributed by atoms with van der Waals surface area (Å²) < 4.78 is 13.5. The third-order valence-electron chi connectivity index (χ3n) is 4.85. The second-order valence-electron chi connectivity index (χ2n) is 6.86. The number of anilines is 1. The molecule has 1 aliphatic carbocycles. The number of hydrogen-bond donors (Lipinski definition) is 1. The molecule has 2 aliphatic rings. The first kappa shape index (κ1) is 14.8. The molecule has 1 saturated heterocycles. The number of pyridine rings is 1. The van der Waals surface area contributed by atoms with E-state index in [1.165, 1.54) is 31.9 Å². The SMILES string of the molecule is CC(C)C1CCN(c2ncc(F)cc2CNC2CC2)CC1. The van der Waals surface area contributed by atoms with Crippen molar-refractivity contribution in [2.45, 2.75) is 52.1 Å². The minimum absolute atomic E-state index is 0.233. The fourth-order valence-corrected chi connectivity index (χ4v) is 3.21. The van der Waals surface area contributed by atoms with E-state index in [4.69, 9.17) is 0 Å². The summed E-state index contributed by atoms with van der Waals surface area (Å²) in [4.78, 5) is 6.72. The van der Waals surface area contributed by atoms with Crippen molar-refractivity contribution >= 4 is 5.82 Å². The van der Waals surface area contributed by atoms with Crippen molar-refractivity contribution in [3.8, 4) is 0 Å². The third-order valence-corrected chi connectivity index (χ3v) is 4.85. The Labute approximate surface area is 126 Å². The number of nitrogens with one attached hydrogen (secondary N) is 1. The zero-order valence-electron chi connectivity index (χ0n) is 13.1. The van der Waals surface area contributed by atoms with Crippen molar-refractivity contribution in [3.63, 3.8) is 0 Å². The van der Waals surface area contributed by atoms with Crippen LogP contribution in [0.4, 0.5) is 10.2 Å². The number of halogens is 1. The molecule has 21 heavy (non-hydrogen) atoms. The van der Waals surface area contributed by atoms with Gasteiger partial charge >= 0.3 is 0 Å². The summed E-state index contributed by atoms with van der Waals surface area (Å²) in [5.41, 5.74) is 1.00. The summed E-state index contributed by atoms with van der Waals surface area (Å²) in [5, 5.41) is 3.47. The summed E-state index contributed by atoms with van der Waals surface area (Å²) in [6.45, 7) is 7.42. The van der Waals surface area contributed by atoms with Crippen molar-refractivity contribution in [2.75, 3.05) is 18.0 Å². The summed E-state index contributed by atoms with van der Waals surface area (Å²) in [7, 11) is 0. The molecule has 0 unspecified atom stereocenters. The molecule has 4 heteroatoms. The maximum atomic E-state index is 13.5. The molecule has 3 rings (SSSR count). The molecule has 1 saturated carbocycles. The lowest BCUT2D eigenvalue weighted by Crippen LogP contribution is -2.36. The molecule has 2 fully saturated rings. The van der Waals surface area contributed by atoms with Crippen LogP contribution in [-0.2, 0) is 6.54 Å². The fourth-order valence-electron chi connectivity index (χ4n) is 3.21. The third kappa shape index (κ3) is 3.73. The Morgan fingerprint density at radius 2 is 2.00 bits per heavy atom. The Kier molecular flexibility index (Phi) is 4.43. The van der Waals surface area contributed by atoms with Gasteiger partial charge in [-0.15, -0.1) is 0 Å². The highest BCUT2D eigenvalue weighted by atomic mass is 19.1. The van der Waals surface area contributed by atoms with Gasteiger partial charge in [-0.05, 0) is 43.6 Å². The predicted molar refractivity (Wildman–Crippen MR) is 83.8 cm³/mol. The molecule has 3 nitrogen and oxygen atoms in total. The minimum Gasteiger partial charge on any atom is -0.356 e. The summed E-state index contributed by atoms with van der Waals surface area (Å²) in [6.07, 6.45) is 6.28. The molecule has 0 spiro atoms. The van der Waals surface area contributed by atoms with Gasteiger partial charge in [0, 0.05) is 31.2 Å². The van der Waals surface area contributed by atoms with Gasteiger partial charge in [-0.2, -0.15) is 0 Å². The summed E-state index contributed by atoms with van der Waals surface area (Å²) in [6, 6.07) is 2.28. The zero-order chi connectivity index (χ0) is 14.8. The van der Waals surface area contributed by atoms with Crippen LogP contribution in [-0.4, -0.2) is 24.1 Å². The molecular weight excluding hydrogens is 265 g/mol. The maximum Gasteiger partial charge on any atom is 0.141 e. The fraction of sp³-hybridized carbons (Fsp3) is 0.706. The van der Waals surface area contributed by atoms with Crippen LogP contribution in [0, 0.1) is 17.7 Å². The lowest BCUT2D eigenvalue weighted by molar-refractivity contribution is 0.310. The van der Waals surface area contributed by atoms with Crippen LogP contribution in [0.5, 0.6) is 0 Å².